The van der Waals surface area contributed by atoms with Crippen LogP contribution < -0.4 is 10.9 Å². The van der Waals surface area contributed by atoms with Crippen LogP contribution in [0.2, 0.25) is 5.02 Å². The van der Waals surface area contributed by atoms with Crippen LogP contribution >= 0.6 is 11.6 Å². The van der Waals surface area contributed by atoms with Gasteiger partial charge in [-0.1, -0.05) is 23.7 Å². The molecule has 0 fully saturated rings. The Hall–Kier alpha value is -2.79. The Labute approximate surface area is 144 Å². The fraction of sp³-hybridized carbons (Fsp3) is 0.111. The predicted octanol–water partition coefficient (Wildman–Crippen LogP) is 3.77. The van der Waals surface area contributed by atoms with Crippen LogP contribution in [0.4, 0.5) is 11.6 Å². The number of H-pyrrole nitrogens is 1. The largest absolute Gasteiger partial charge is 0.508 e. The van der Waals surface area contributed by atoms with Crippen molar-refractivity contribution >= 4 is 23.2 Å². The molecule has 122 valence electrons. The Kier molecular flexibility index (Phi) is 4.53. The Balaban J connectivity index is 1.84. The lowest BCUT2D eigenvalue weighted by Crippen LogP contribution is -2.18. The van der Waals surface area contributed by atoms with Crippen molar-refractivity contribution in [3.8, 4) is 5.75 Å². The highest BCUT2D eigenvalue weighted by atomic mass is 35.5. The molecule has 2 aromatic carbocycles. The fourth-order valence-corrected chi connectivity index (χ4v) is 2.49. The monoisotopic (exact) mass is 341 g/mol. The molecule has 0 bridgehead atoms. The number of nitrogens with zero attached hydrogens (tertiary/aromatic N) is 1. The summed E-state index contributed by atoms with van der Waals surface area (Å²) in [4.78, 5) is 19.5. The second kappa shape index (κ2) is 6.76. The third-order valence-corrected chi connectivity index (χ3v) is 3.90. The smallest absolute Gasteiger partial charge is 0.256 e. The van der Waals surface area contributed by atoms with E-state index in [0.29, 0.717) is 28.6 Å². The molecule has 0 unspecified atom stereocenters. The SMILES string of the molecule is Cc1nc(Nc2ccc(O)cc2)[nH]c(=O)c1Cc1ccc(Cl)cc1. The van der Waals surface area contributed by atoms with Gasteiger partial charge >= 0.3 is 0 Å². The van der Waals surface area contributed by atoms with Crippen LogP contribution in [0.1, 0.15) is 16.8 Å². The van der Waals surface area contributed by atoms with Gasteiger partial charge < -0.3 is 10.4 Å². The number of rotatable bonds is 4. The van der Waals surface area contributed by atoms with E-state index in [0.717, 1.165) is 11.3 Å². The van der Waals surface area contributed by atoms with Crippen molar-refractivity contribution in [1.29, 1.82) is 0 Å². The van der Waals surface area contributed by atoms with E-state index in [1.165, 1.54) is 0 Å². The number of halogens is 1. The molecule has 1 heterocycles. The quantitative estimate of drug-likeness (QED) is 0.631. The highest BCUT2D eigenvalue weighted by Crippen LogP contribution is 2.18. The highest BCUT2D eigenvalue weighted by molar-refractivity contribution is 6.30. The molecule has 24 heavy (non-hydrogen) atoms. The lowest BCUT2D eigenvalue weighted by Gasteiger charge is -2.09. The van der Waals surface area contributed by atoms with Crippen LogP contribution in [0.25, 0.3) is 0 Å². The molecular formula is C18H16ClN3O2. The maximum absolute atomic E-state index is 12.4. The van der Waals surface area contributed by atoms with E-state index in [2.05, 4.69) is 15.3 Å². The molecule has 3 aromatic rings. The Morgan fingerprint density at radius 3 is 2.42 bits per heavy atom. The zero-order chi connectivity index (χ0) is 17.1. The van der Waals surface area contributed by atoms with Crippen molar-refractivity contribution in [3.05, 3.63) is 80.7 Å². The van der Waals surface area contributed by atoms with Gasteiger partial charge in [-0.05, 0) is 48.9 Å². The zero-order valence-electron chi connectivity index (χ0n) is 13.0. The van der Waals surface area contributed by atoms with Gasteiger partial charge in [-0.3, -0.25) is 9.78 Å². The first-order valence-electron chi connectivity index (χ1n) is 7.41. The maximum Gasteiger partial charge on any atom is 0.256 e. The topological polar surface area (TPSA) is 78.0 Å². The van der Waals surface area contributed by atoms with Crippen LogP contribution in [-0.2, 0) is 6.42 Å². The van der Waals surface area contributed by atoms with Gasteiger partial charge in [-0.25, -0.2) is 4.98 Å². The molecule has 0 amide bonds. The first-order valence-corrected chi connectivity index (χ1v) is 7.79. The van der Waals surface area contributed by atoms with E-state index in [-0.39, 0.29) is 11.3 Å². The van der Waals surface area contributed by atoms with Gasteiger partial charge in [0.25, 0.3) is 5.56 Å². The van der Waals surface area contributed by atoms with Crippen molar-refractivity contribution in [3.63, 3.8) is 0 Å². The molecule has 1 aromatic heterocycles. The maximum atomic E-state index is 12.4. The molecule has 5 nitrogen and oxygen atoms in total. The van der Waals surface area contributed by atoms with Gasteiger partial charge in [0.15, 0.2) is 0 Å². The van der Waals surface area contributed by atoms with Gasteiger partial charge in [0, 0.05) is 22.7 Å². The van der Waals surface area contributed by atoms with Crippen LogP contribution in [0.5, 0.6) is 5.75 Å². The fourth-order valence-electron chi connectivity index (χ4n) is 2.37. The molecule has 0 spiro atoms. The number of hydrogen-bond donors (Lipinski definition) is 3. The summed E-state index contributed by atoms with van der Waals surface area (Å²) in [6, 6.07) is 13.9. The molecule has 0 aliphatic carbocycles. The minimum atomic E-state index is -0.182. The van der Waals surface area contributed by atoms with Crippen LogP contribution in [-0.4, -0.2) is 15.1 Å². The summed E-state index contributed by atoms with van der Waals surface area (Å²) < 4.78 is 0. The summed E-state index contributed by atoms with van der Waals surface area (Å²) >= 11 is 5.88. The van der Waals surface area contributed by atoms with Gasteiger partial charge in [-0.2, -0.15) is 0 Å². The summed E-state index contributed by atoms with van der Waals surface area (Å²) in [5, 5.41) is 13.0. The molecule has 0 atom stereocenters. The lowest BCUT2D eigenvalue weighted by atomic mass is 10.1. The summed E-state index contributed by atoms with van der Waals surface area (Å²) in [5.41, 5.74) is 2.82. The standard InChI is InChI=1S/C18H16ClN3O2/c1-11-16(10-12-2-4-13(19)5-3-12)17(24)22-18(20-11)21-14-6-8-15(23)9-7-14/h2-9,23H,10H2,1H3,(H2,20,21,22,24). The van der Waals surface area contributed by atoms with Crippen molar-refractivity contribution in [2.75, 3.05) is 5.32 Å². The first-order chi connectivity index (χ1) is 11.5. The molecule has 0 saturated heterocycles. The van der Waals surface area contributed by atoms with E-state index in [4.69, 9.17) is 11.6 Å². The van der Waals surface area contributed by atoms with Crippen LogP contribution in [0.15, 0.2) is 53.3 Å². The van der Waals surface area contributed by atoms with Crippen LogP contribution in [0, 0.1) is 6.92 Å². The number of benzene rings is 2. The lowest BCUT2D eigenvalue weighted by molar-refractivity contribution is 0.475. The highest BCUT2D eigenvalue weighted by Gasteiger charge is 2.09. The average molecular weight is 342 g/mol. The number of anilines is 2. The normalized spacial score (nSPS) is 10.6. The first kappa shape index (κ1) is 16.1. The number of phenolic OH excluding ortho intramolecular Hbond substituents is 1. The number of nitrogens with one attached hydrogen (secondary N) is 2. The minimum Gasteiger partial charge on any atom is -0.508 e. The number of phenols is 1. The molecule has 0 aliphatic rings. The molecular weight excluding hydrogens is 326 g/mol. The molecule has 3 rings (SSSR count). The predicted molar refractivity (Wildman–Crippen MR) is 95.2 cm³/mol. The number of aryl methyl sites for hydroxylation is 1. The van der Waals surface area contributed by atoms with E-state index in [1.807, 2.05) is 19.1 Å². The van der Waals surface area contributed by atoms with E-state index in [9.17, 15) is 9.90 Å². The van der Waals surface area contributed by atoms with E-state index < -0.39 is 0 Å². The molecule has 3 N–H and O–H groups in total. The summed E-state index contributed by atoms with van der Waals surface area (Å²) in [6.45, 7) is 1.81. The molecule has 0 saturated carbocycles. The van der Waals surface area contributed by atoms with Gasteiger partial charge in [0.1, 0.15) is 5.75 Å². The third-order valence-electron chi connectivity index (χ3n) is 3.65. The zero-order valence-corrected chi connectivity index (χ0v) is 13.8. The van der Waals surface area contributed by atoms with Crippen LogP contribution in [0.3, 0.4) is 0 Å². The van der Waals surface area contributed by atoms with Crippen molar-refractivity contribution in [2.45, 2.75) is 13.3 Å². The van der Waals surface area contributed by atoms with Crippen molar-refractivity contribution in [1.82, 2.24) is 9.97 Å². The average Bonchev–Trinajstić information content (AvgIpc) is 2.55. The van der Waals surface area contributed by atoms with Crippen molar-refractivity contribution < 1.29 is 5.11 Å². The molecule has 0 aliphatic heterocycles. The third kappa shape index (κ3) is 3.75. The van der Waals surface area contributed by atoms with E-state index in [1.54, 1.807) is 36.4 Å². The van der Waals surface area contributed by atoms with Gasteiger partial charge in [0.2, 0.25) is 5.95 Å². The Morgan fingerprint density at radius 1 is 1.12 bits per heavy atom. The number of hydrogen-bond acceptors (Lipinski definition) is 4. The second-order valence-electron chi connectivity index (χ2n) is 5.45. The Morgan fingerprint density at radius 2 is 1.79 bits per heavy atom. The van der Waals surface area contributed by atoms with Gasteiger partial charge in [-0.15, -0.1) is 0 Å². The summed E-state index contributed by atoms with van der Waals surface area (Å²) in [7, 11) is 0. The summed E-state index contributed by atoms with van der Waals surface area (Å²) in [6.07, 6.45) is 0.491. The minimum absolute atomic E-state index is 0.177. The number of aromatic amines is 1. The molecule has 0 radical (unpaired) electrons. The van der Waals surface area contributed by atoms with Crippen molar-refractivity contribution in [2.24, 2.45) is 0 Å². The van der Waals surface area contributed by atoms with Gasteiger partial charge in [0.05, 0.1) is 5.69 Å². The summed E-state index contributed by atoms with van der Waals surface area (Å²) in [5.74, 6) is 0.541. The number of aromatic hydroxyl groups is 1. The number of aromatic nitrogens is 2. The Bertz CT molecular complexity index is 903. The molecule has 6 heteroatoms. The van der Waals surface area contributed by atoms with E-state index >= 15 is 0 Å². The second-order valence-corrected chi connectivity index (χ2v) is 5.89.